The smallest absolute Gasteiger partial charge is 0.339 e. The quantitative estimate of drug-likeness (QED) is 0.186. The van der Waals surface area contributed by atoms with E-state index in [4.69, 9.17) is 21.3 Å². The third kappa shape index (κ3) is 4.49. The van der Waals surface area contributed by atoms with Crippen LogP contribution in [-0.2, 0) is 4.74 Å². The number of rotatable bonds is 6. The number of esters is 1. The Morgan fingerprint density at radius 2 is 1.59 bits per heavy atom. The van der Waals surface area contributed by atoms with Gasteiger partial charge in [-0.15, -0.1) is 11.3 Å². The highest BCUT2D eigenvalue weighted by Crippen LogP contribution is 2.31. The molecule has 166 valence electrons. The van der Waals surface area contributed by atoms with E-state index in [1.807, 2.05) is 47.8 Å². The number of ketones is 1. The number of Topliss-reactive ketones (excluding diaryl/α,β-unsaturated/α-hetero) is 1. The maximum atomic E-state index is 13.5. The van der Waals surface area contributed by atoms with Crippen LogP contribution in [0.5, 0.6) is 0 Å². The van der Waals surface area contributed by atoms with Crippen molar-refractivity contribution in [2.75, 3.05) is 0 Å². The van der Waals surface area contributed by atoms with E-state index in [1.54, 1.807) is 54.6 Å². The second-order valence-corrected chi connectivity index (χ2v) is 9.00. The lowest BCUT2D eigenvalue weighted by Gasteiger charge is -2.18. The second-order valence-electron chi connectivity index (χ2n) is 7.62. The number of thiophene rings is 1. The summed E-state index contributed by atoms with van der Waals surface area (Å²) in [6, 6.07) is 28.5. The molecule has 0 N–H and O–H groups in total. The standard InChI is InChI=1S/C28H18ClNO3S/c29-20-14-12-19(13-15-20)27(26(31)18-7-2-1-3-8-18)33-28(32)22-17-24(25-11-6-16-34-25)30-23-10-5-4-9-21(22)23/h1-17,27H/t27-/m1/s1. The third-order valence-corrected chi connectivity index (χ3v) is 6.55. The van der Waals surface area contributed by atoms with Gasteiger partial charge in [-0.2, -0.15) is 0 Å². The fraction of sp³-hybridized carbons (Fsp3) is 0.0357. The van der Waals surface area contributed by atoms with E-state index < -0.39 is 12.1 Å². The van der Waals surface area contributed by atoms with Gasteiger partial charge in [-0.25, -0.2) is 9.78 Å². The molecule has 0 bridgehead atoms. The number of halogens is 1. The summed E-state index contributed by atoms with van der Waals surface area (Å²) >= 11 is 7.59. The van der Waals surface area contributed by atoms with Crippen LogP contribution in [-0.4, -0.2) is 16.7 Å². The van der Waals surface area contributed by atoms with Gasteiger partial charge in [-0.05, 0) is 35.7 Å². The predicted molar refractivity (Wildman–Crippen MR) is 135 cm³/mol. The minimum Gasteiger partial charge on any atom is -0.445 e. The van der Waals surface area contributed by atoms with Crippen LogP contribution < -0.4 is 0 Å². The number of aromatic nitrogens is 1. The monoisotopic (exact) mass is 483 g/mol. The van der Waals surface area contributed by atoms with Gasteiger partial charge in [0.25, 0.3) is 0 Å². The third-order valence-electron chi connectivity index (χ3n) is 5.40. The molecule has 34 heavy (non-hydrogen) atoms. The molecule has 6 heteroatoms. The van der Waals surface area contributed by atoms with E-state index in [2.05, 4.69) is 0 Å². The zero-order valence-corrected chi connectivity index (χ0v) is 19.4. The zero-order chi connectivity index (χ0) is 23.5. The van der Waals surface area contributed by atoms with Gasteiger partial charge in [-0.3, -0.25) is 4.79 Å². The lowest BCUT2D eigenvalue weighted by molar-refractivity contribution is 0.0282. The number of carbonyl (C=O) groups excluding carboxylic acids is 2. The fourth-order valence-electron chi connectivity index (χ4n) is 3.73. The summed E-state index contributed by atoms with van der Waals surface area (Å²) in [4.78, 5) is 32.6. The molecule has 3 aromatic carbocycles. The van der Waals surface area contributed by atoms with E-state index in [-0.39, 0.29) is 5.78 Å². The van der Waals surface area contributed by atoms with Gasteiger partial charge >= 0.3 is 5.97 Å². The molecule has 0 spiro atoms. The molecule has 0 radical (unpaired) electrons. The van der Waals surface area contributed by atoms with Crippen molar-refractivity contribution in [3.8, 4) is 10.6 Å². The number of para-hydroxylation sites is 1. The largest absolute Gasteiger partial charge is 0.445 e. The Kier molecular flexibility index (Phi) is 6.21. The van der Waals surface area contributed by atoms with Crippen LogP contribution in [0.2, 0.25) is 5.02 Å². The van der Waals surface area contributed by atoms with Gasteiger partial charge in [0.2, 0.25) is 5.78 Å². The average molecular weight is 484 g/mol. The topological polar surface area (TPSA) is 56.3 Å². The molecular weight excluding hydrogens is 466 g/mol. The minimum atomic E-state index is -1.12. The lowest BCUT2D eigenvalue weighted by atomic mass is 9.99. The van der Waals surface area contributed by atoms with Crippen LogP contribution in [0.1, 0.15) is 32.4 Å². The SMILES string of the molecule is O=C(O[C@@H](C(=O)c1ccccc1)c1ccc(Cl)cc1)c1cc(-c2cccs2)nc2ccccc12. The highest BCUT2D eigenvalue weighted by Gasteiger charge is 2.28. The first kappa shape index (κ1) is 22.0. The van der Waals surface area contributed by atoms with Crippen molar-refractivity contribution < 1.29 is 14.3 Å². The van der Waals surface area contributed by atoms with Gasteiger partial charge in [0.1, 0.15) is 0 Å². The summed E-state index contributed by atoms with van der Waals surface area (Å²) in [5, 5.41) is 3.15. The highest BCUT2D eigenvalue weighted by atomic mass is 35.5. The maximum absolute atomic E-state index is 13.5. The van der Waals surface area contributed by atoms with Crippen LogP contribution in [0.3, 0.4) is 0 Å². The van der Waals surface area contributed by atoms with Crippen molar-refractivity contribution in [1.82, 2.24) is 4.98 Å². The fourth-order valence-corrected chi connectivity index (χ4v) is 4.54. The predicted octanol–water partition coefficient (Wildman–Crippen LogP) is 7.40. The molecule has 2 aromatic heterocycles. The second kappa shape index (κ2) is 9.59. The first-order chi connectivity index (χ1) is 16.6. The van der Waals surface area contributed by atoms with Gasteiger partial charge in [0.05, 0.1) is 21.7 Å². The van der Waals surface area contributed by atoms with Crippen molar-refractivity contribution in [2.45, 2.75) is 6.10 Å². The molecule has 1 atom stereocenters. The van der Waals surface area contributed by atoms with E-state index in [9.17, 15) is 9.59 Å². The van der Waals surface area contributed by atoms with Crippen molar-refractivity contribution in [1.29, 1.82) is 0 Å². The Morgan fingerprint density at radius 1 is 0.853 bits per heavy atom. The van der Waals surface area contributed by atoms with Crippen LogP contribution >= 0.6 is 22.9 Å². The van der Waals surface area contributed by atoms with E-state index in [1.165, 1.54) is 11.3 Å². The van der Waals surface area contributed by atoms with Gasteiger partial charge in [0.15, 0.2) is 6.10 Å². The molecule has 0 saturated heterocycles. The van der Waals surface area contributed by atoms with Crippen LogP contribution in [0, 0.1) is 0 Å². The van der Waals surface area contributed by atoms with E-state index in [0.717, 1.165) is 4.88 Å². The molecule has 2 heterocycles. The molecular formula is C28H18ClNO3S. The zero-order valence-electron chi connectivity index (χ0n) is 17.9. The maximum Gasteiger partial charge on any atom is 0.339 e. The summed E-state index contributed by atoms with van der Waals surface area (Å²) in [7, 11) is 0. The Balaban J connectivity index is 1.57. The summed E-state index contributed by atoms with van der Waals surface area (Å²) in [6.07, 6.45) is -1.12. The number of benzene rings is 3. The molecule has 0 saturated carbocycles. The molecule has 0 fully saturated rings. The van der Waals surface area contributed by atoms with Crippen molar-refractivity contribution >= 4 is 45.6 Å². The summed E-state index contributed by atoms with van der Waals surface area (Å²) in [5.74, 6) is -0.909. The number of hydrogen-bond donors (Lipinski definition) is 0. The molecule has 0 aliphatic heterocycles. The Hall–Kier alpha value is -3.80. The van der Waals surface area contributed by atoms with Gasteiger partial charge < -0.3 is 4.74 Å². The van der Waals surface area contributed by atoms with Crippen molar-refractivity contribution in [3.05, 3.63) is 124 Å². The number of ether oxygens (including phenoxy) is 1. The molecule has 5 rings (SSSR count). The van der Waals surface area contributed by atoms with Crippen LogP contribution in [0.4, 0.5) is 0 Å². The van der Waals surface area contributed by atoms with Gasteiger partial charge in [0, 0.05) is 21.5 Å². The average Bonchev–Trinajstić information content (AvgIpc) is 3.42. The lowest BCUT2D eigenvalue weighted by Crippen LogP contribution is -2.20. The van der Waals surface area contributed by atoms with Crippen molar-refractivity contribution in [2.24, 2.45) is 0 Å². The van der Waals surface area contributed by atoms with E-state index >= 15 is 0 Å². The summed E-state index contributed by atoms with van der Waals surface area (Å²) < 4.78 is 5.90. The minimum absolute atomic E-state index is 0.312. The number of carbonyl (C=O) groups is 2. The number of nitrogens with zero attached hydrogens (tertiary/aromatic N) is 1. The molecule has 0 aliphatic rings. The van der Waals surface area contributed by atoms with Crippen LogP contribution in [0.15, 0.2) is 102 Å². The summed E-state index contributed by atoms with van der Waals surface area (Å²) in [6.45, 7) is 0. The number of pyridine rings is 1. The van der Waals surface area contributed by atoms with E-state index in [0.29, 0.717) is 38.3 Å². The number of fused-ring (bicyclic) bond motifs is 1. The molecule has 5 aromatic rings. The Labute approximate surface area is 205 Å². The first-order valence-electron chi connectivity index (χ1n) is 10.6. The van der Waals surface area contributed by atoms with Gasteiger partial charge in [-0.1, -0.05) is 78.3 Å². The Bertz CT molecular complexity index is 1470. The molecule has 0 amide bonds. The Morgan fingerprint density at radius 3 is 2.32 bits per heavy atom. The summed E-state index contributed by atoms with van der Waals surface area (Å²) in [5.41, 5.74) is 2.71. The molecule has 0 unspecified atom stereocenters. The first-order valence-corrected chi connectivity index (χ1v) is 11.9. The highest BCUT2D eigenvalue weighted by molar-refractivity contribution is 7.13. The van der Waals surface area contributed by atoms with Crippen molar-refractivity contribution in [3.63, 3.8) is 0 Å². The number of hydrogen-bond acceptors (Lipinski definition) is 5. The normalized spacial score (nSPS) is 11.8. The molecule has 0 aliphatic carbocycles. The van der Waals surface area contributed by atoms with Crippen LogP contribution in [0.25, 0.3) is 21.5 Å². The molecule has 4 nitrogen and oxygen atoms in total.